The normalized spacial score (nSPS) is 13.9. The molecule has 1 aliphatic rings. The zero-order valence-corrected chi connectivity index (χ0v) is 14.9. The van der Waals surface area contributed by atoms with Gasteiger partial charge in [0.2, 0.25) is 11.7 Å². The quantitative estimate of drug-likeness (QED) is 0.641. The van der Waals surface area contributed by atoms with Crippen molar-refractivity contribution in [2.75, 3.05) is 6.61 Å². The molecular formula is C19H21N3O4. The molecule has 0 bridgehead atoms. The number of hydrogen-bond acceptors (Lipinski definition) is 7. The molecule has 7 nitrogen and oxygen atoms in total. The van der Waals surface area contributed by atoms with E-state index in [1.54, 1.807) is 0 Å². The van der Waals surface area contributed by atoms with Crippen molar-refractivity contribution in [3.8, 4) is 23.0 Å². The van der Waals surface area contributed by atoms with Crippen molar-refractivity contribution in [3.05, 3.63) is 41.0 Å². The molecule has 0 amide bonds. The lowest BCUT2D eigenvalue weighted by atomic mass is 10.1. The first-order valence-electron chi connectivity index (χ1n) is 8.83. The smallest absolute Gasteiger partial charge is 0.251 e. The fourth-order valence-corrected chi connectivity index (χ4v) is 3.00. The molecule has 1 aromatic carbocycles. The molecule has 0 unspecified atom stereocenters. The van der Waals surface area contributed by atoms with Crippen LogP contribution in [0.1, 0.15) is 48.0 Å². The van der Waals surface area contributed by atoms with Crippen molar-refractivity contribution in [1.29, 1.82) is 0 Å². The maximum Gasteiger partial charge on any atom is 0.251 e. The molecule has 0 saturated heterocycles. The summed E-state index contributed by atoms with van der Waals surface area (Å²) in [5.74, 6) is 3.27. The van der Waals surface area contributed by atoms with Crippen LogP contribution in [0.5, 0.6) is 11.6 Å². The molecule has 2 heterocycles. The van der Waals surface area contributed by atoms with E-state index in [-0.39, 0.29) is 5.88 Å². The molecule has 1 aliphatic carbocycles. The number of aromatic nitrogens is 3. The van der Waals surface area contributed by atoms with Gasteiger partial charge in [-0.25, -0.2) is 0 Å². The van der Waals surface area contributed by atoms with E-state index in [4.69, 9.17) is 18.9 Å². The van der Waals surface area contributed by atoms with Gasteiger partial charge >= 0.3 is 0 Å². The van der Waals surface area contributed by atoms with Crippen molar-refractivity contribution in [3.63, 3.8) is 0 Å². The molecular weight excluding hydrogens is 334 g/mol. The van der Waals surface area contributed by atoms with E-state index >= 15 is 0 Å². The Kier molecular flexibility index (Phi) is 4.36. The van der Waals surface area contributed by atoms with Crippen molar-refractivity contribution in [2.24, 2.45) is 0 Å². The van der Waals surface area contributed by atoms with Gasteiger partial charge < -0.3 is 18.9 Å². The summed E-state index contributed by atoms with van der Waals surface area (Å²) >= 11 is 0. The summed E-state index contributed by atoms with van der Waals surface area (Å²) in [5, 5.41) is 16.7. The Morgan fingerprint density at radius 3 is 2.54 bits per heavy atom. The number of benzene rings is 1. The van der Waals surface area contributed by atoms with Crippen molar-refractivity contribution in [1.82, 2.24) is 15.3 Å². The monoisotopic (exact) mass is 355 g/mol. The Hall–Kier alpha value is -2.83. The average molecular weight is 355 g/mol. The molecule has 2 aromatic heterocycles. The lowest BCUT2D eigenvalue weighted by molar-refractivity contribution is 0.294. The van der Waals surface area contributed by atoms with Crippen LogP contribution < -0.4 is 4.74 Å². The van der Waals surface area contributed by atoms with Crippen LogP contribution in [0.25, 0.3) is 11.4 Å². The minimum absolute atomic E-state index is 0.0884. The summed E-state index contributed by atoms with van der Waals surface area (Å²) in [6, 6.07) is 5.57. The Balaban J connectivity index is 1.40. The molecule has 3 aromatic rings. The van der Waals surface area contributed by atoms with E-state index in [2.05, 4.69) is 15.3 Å². The molecule has 1 N–H and O–H groups in total. The van der Waals surface area contributed by atoms with Gasteiger partial charge in [-0.1, -0.05) is 5.16 Å². The van der Waals surface area contributed by atoms with Crippen LogP contribution in [-0.2, 0) is 6.42 Å². The van der Waals surface area contributed by atoms with Gasteiger partial charge in [0.25, 0.3) is 5.88 Å². The van der Waals surface area contributed by atoms with Crippen molar-refractivity contribution < 1.29 is 18.9 Å². The number of ether oxygens (including phenoxy) is 1. The minimum atomic E-state index is -0.0884. The summed E-state index contributed by atoms with van der Waals surface area (Å²) in [6.45, 7) is 4.58. The molecule has 0 atom stereocenters. The second-order valence-electron chi connectivity index (χ2n) is 6.77. The van der Waals surface area contributed by atoms with E-state index in [1.807, 2.05) is 26.0 Å². The Morgan fingerprint density at radius 2 is 1.88 bits per heavy atom. The molecule has 136 valence electrons. The van der Waals surface area contributed by atoms with Crippen LogP contribution in [0, 0.1) is 13.8 Å². The molecule has 0 spiro atoms. The van der Waals surface area contributed by atoms with Gasteiger partial charge in [0.15, 0.2) is 0 Å². The first kappa shape index (κ1) is 16.6. The largest absolute Gasteiger partial charge is 0.493 e. The highest BCUT2D eigenvalue weighted by molar-refractivity contribution is 5.61. The minimum Gasteiger partial charge on any atom is -0.493 e. The number of rotatable bonds is 7. The molecule has 26 heavy (non-hydrogen) atoms. The van der Waals surface area contributed by atoms with Gasteiger partial charge in [0.1, 0.15) is 11.5 Å². The zero-order valence-electron chi connectivity index (χ0n) is 14.9. The summed E-state index contributed by atoms with van der Waals surface area (Å²) in [6.07, 6.45) is 3.71. The van der Waals surface area contributed by atoms with E-state index in [0.29, 0.717) is 30.5 Å². The fourth-order valence-electron chi connectivity index (χ4n) is 3.00. The van der Waals surface area contributed by atoms with Crippen LogP contribution in [0.4, 0.5) is 0 Å². The summed E-state index contributed by atoms with van der Waals surface area (Å²) < 4.78 is 16.3. The highest BCUT2D eigenvalue weighted by Crippen LogP contribution is 2.40. The van der Waals surface area contributed by atoms with Crippen LogP contribution in [-0.4, -0.2) is 27.0 Å². The zero-order chi connectivity index (χ0) is 18.1. The third-order valence-corrected chi connectivity index (χ3v) is 4.45. The molecule has 1 saturated carbocycles. The predicted octanol–water partition coefficient (Wildman–Crippen LogP) is 3.94. The van der Waals surface area contributed by atoms with Crippen LogP contribution in [0.3, 0.4) is 0 Å². The van der Waals surface area contributed by atoms with E-state index in [0.717, 1.165) is 47.6 Å². The highest BCUT2D eigenvalue weighted by Gasteiger charge is 2.29. The second kappa shape index (κ2) is 6.82. The highest BCUT2D eigenvalue weighted by atomic mass is 16.5. The maximum atomic E-state index is 9.16. The predicted molar refractivity (Wildman–Crippen MR) is 93.2 cm³/mol. The summed E-state index contributed by atoms with van der Waals surface area (Å²) in [5.41, 5.74) is 3.02. The lowest BCUT2D eigenvalue weighted by Gasteiger charge is -2.13. The lowest BCUT2D eigenvalue weighted by Crippen LogP contribution is -2.02. The van der Waals surface area contributed by atoms with Gasteiger partial charge in [-0.05, 0) is 61.5 Å². The third kappa shape index (κ3) is 3.56. The Bertz CT molecular complexity index is 888. The van der Waals surface area contributed by atoms with Gasteiger partial charge in [0.05, 0.1) is 6.61 Å². The first-order chi connectivity index (χ1) is 12.6. The third-order valence-electron chi connectivity index (χ3n) is 4.45. The van der Waals surface area contributed by atoms with E-state index in [1.165, 1.54) is 6.07 Å². The number of hydrogen-bond donors (Lipinski definition) is 1. The molecule has 0 aliphatic heterocycles. The summed E-state index contributed by atoms with van der Waals surface area (Å²) in [4.78, 5) is 4.51. The van der Waals surface area contributed by atoms with Gasteiger partial charge in [-0.15, -0.1) is 0 Å². The standard InChI is InChI=1S/C19H21N3O4/c1-11-8-14(18-20-19(26-22-18)13-5-6-13)9-12(2)17(11)24-7-3-4-15-10-16(23)21-25-15/h8-10,13H,3-7H2,1-2H3,(H,21,23). The second-order valence-corrected chi connectivity index (χ2v) is 6.77. The van der Waals surface area contributed by atoms with E-state index in [9.17, 15) is 0 Å². The molecule has 7 heteroatoms. The number of nitrogens with zero attached hydrogens (tertiary/aromatic N) is 3. The van der Waals surface area contributed by atoms with Gasteiger partial charge in [-0.3, -0.25) is 0 Å². The van der Waals surface area contributed by atoms with Crippen LogP contribution in [0.15, 0.2) is 27.2 Å². The number of aryl methyl sites for hydroxylation is 3. The van der Waals surface area contributed by atoms with Crippen LogP contribution >= 0.6 is 0 Å². The summed E-state index contributed by atoms with van der Waals surface area (Å²) in [7, 11) is 0. The molecule has 0 radical (unpaired) electrons. The van der Waals surface area contributed by atoms with Gasteiger partial charge in [-0.2, -0.15) is 4.98 Å². The van der Waals surface area contributed by atoms with Crippen LogP contribution in [0.2, 0.25) is 0 Å². The first-order valence-corrected chi connectivity index (χ1v) is 8.83. The topological polar surface area (TPSA) is 94.4 Å². The van der Waals surface area contributed by atoms with E-state index < -0.39 is 0 Å². The van der Waals surface area contributed by atoms with Crippen molar-refractivity contribution in [2.45, 2.75) is 45.4 Å². The SMILES string of the molecule is Cc1cc(-c2noc(C3CC3)n2)cc(C)c1OCCCc1cc(O)no1. The van der Waals surface area contributed by atoms with Gasteiger partial charge in [0, 0.05) is 24.0 Å². The Labute approximate surface area is 151 Å². The Morgan fingerprint density at radius 1 is 1.12 bits per heavy atom. The average Bonchev–Trinajstić information content (AvgIpc) is 3.19. The molecule has 4 rings (SSSR count). The number of aromatic hydroxyl groups is 1. The maximum absolute atomic E-state index is 9.16. The van der Waals surface area contributed by atoms with Crippen molar-refractivity contribution >= 4 is 0 Å². The fraction of sp³-hybridized carbons (Fsp3) is 0.421. The molecule has 1 fully saturated rings.